The third kappa shape index (κ3) is 5.28. The molecule has 1 saturated heterocycles. The smallest absolute Gasteiger partial charge is 0.306 e. The fraction of sp³-hybridized carbons (Fsp3) is 0.833. The Balaban J connectivity index is 2.24. The summed E-state index contributed by atoms with van der Waals surface area (Å²) < 4.78 is 11.1. The van der Waals surface area contributed by atoms with Crippen molar-refractivity contribution < 1.29 is 18.9 Å². The van der Waals surface area contributed by atoms with Crippen molar-refractivity contribution in [3.8, 4) is 0 Å². The molecule has 0 saturated carbocycles. The van der Waals surface area contributed by atoms with E-state index >= 15 is 0 Å². The zero-order valence-corrected chi connectivity index (χ0v) is 12.2. The number of carboxylic acid groups (broad SMARTS) is 1. The number of hydrogen-bond acceptors (Lipinski definition) is 4. The molecular formula is C12H22N2O4S. The highest BCUT2D eigenvalue weighted by Gasteiger charge is 2.26. The van der Waals surface area contributed by atoms with E-state index in [1.54, 1.807) is 11.2 Å². The molecule has 0 aromatic carbocycles. The molecule has 0 aliphatic carbocycles. The van der Waals surface area contributed by atoms with E-state index in [1.165, 1.54) is 0 Å². The number of rotatable bonds is 6. The standard InChI is InChI=1S/C12H22N2O4S/c1-9(19(2)18)7-13-8-11(15)14-5-3-10(4-6-14)12(16)17/h9-10,13H,3-8H2,1-2H3,(H,16,17). The van der Waals surface area contributed by atoms with Gasteiger partial charge in [-0.05, 0) is 19.8 Å². The Morgan fingerprint density at radius 3 is 2.47 bits per heavy atom. The summed E-state index contributed by atoms with van der Waals surface area (Å²) in [6, 6.07) is 0. The van der Waals surface area contributed by atoms with Gasteiger partial charge in [0.1, 0.15) is 0 Å². The van der Waals surface area contributed by atoms with Crippen molar-refractivity contribution in [2.45, 2.75) is 25.0 Å². The first-order chi connectivity index (χ1) is 8.91. The van der Waals surface area contributed by atoms with Crippen LogP contribution in [0.2, 0.25) is 0 Å². The molecule has 0 spiro atoms. The Hall–Kier alpha value is -0.950. The molecule has 1 rings (SSSR count). The van der Waals surface area contributed by atoms with Crippen molar-refractivity contribution in [2.24, 2.45) is 5.92 Å². The third-order valence-electron chi connectivity index (χ3n) is 3.47. The van der Waals surface area contributed by atoms with E-state index in [0.29, 0.717) is 32.5 Å². The van der Waals surface area contributed by atoms with Gasteiger partial charge in [0.05, 0.1) is 12.5 Å². The molecule has 1 fully saturated rings. The average molecular weight is 290 g/mol. The van der Waals surface area contributed by atoms with Crippen molar-refractivity contribution in [1.29, 1.82) is 0 Å². The first-order valence-electron chi connectivity index (χ1n) is 6.45. The highest BCUT2D eigenvalue weighted by molar-refractivity contribution is 7.84. The van der Waals surface area contributed by atoms with E-state index in [1.807, 2.05) is 6.92 Å². The van der Waals surface area contributed by atoms with Crippen LogP contribution in [0.1, 0.15) is 19.8 Å². The van der Waals surface area contributed by atoms with Crippen LogP contribution in [0.25, 0.3) is 0 Å². The van der Waals surface area contributed by atoms with E-state index in [0.717, 1.165) is 0 Å². The maximum atomic E-state index is 11.9. The summed E-state index contributed by atoms with van der Waals surface area (Å²) in [5, 5.41) is 11.9. The molecular weight excluding hydrogens is 268 g/mol. The number of aliphatic carboxylic acids is 1. The first kappa shape index (κ1) is 16.1. The van der Waals surface area contributed by atoms with Crippen LogP contribution in [-0.4, -0.2) is 63.8 Å². The summed E-state index contributed by atoms with van der Waals surface area (Å²) in [5.74, 6) is -1.11. The van der Waals surface area contributed by atoms with E-state index in [-0.39, 0.29) is 23.6 Å². The Labute approximate surface area is 116 Å². The lowest BCUT2D eigenvalue weighted by molar-refractivity contribution is -0.145. The zero-order valence-electron chi connectivity index (χ0n) is 11.4. The fourth-order valence-electron chi connectivity index (χ4n) is 1.99. The van der Waals surface area contributed by atoms with Gasteiger partial charge in [0.15, 0.2) is 0 Å². The van der Waals surface area contributed by atoms with Gasteiger partial charge in [-0.1, -0.05) is 0 Å². The predicted octanol–water partition coefficient (Wildman–Crippen LogP) is -0.334. The molecule has 2 atom stereocenters. The predicted molar refractivity (Wildman–Crippen MR) is 73.3 cm³/mol. The van der Waals surface area contributed by atoms with Gasteiger partial charge in [-0.25, -0.2) is 0 Å². The molecule has 1 amide bonds. The van der Waals surface area contributed by atoms with Gasteiger partial charge in [-0.2, -0.15) is 0 Å². The van der Waals surface area contributed by atoms with Gasteiger partial charge in [0.2, 0.25) is 5.91 Å². The number of carboxylic acids is 1. The number of nitrogens with one attached hydrogen (secondary N) is 1. The number of amides is 1. The third-order valence-corrected chi connectivity index (χ3v) is 4.77. The number of hydrogen-bond donors (Lipinski definition) is 2. The van der Waals surface area contributed by atoms with Crippen LogP contribution in [0.4, 0.5) is 0 Å². The van der Waals surface area contributed by atoms with Crippen LogP contribution >= 0.6 is 0 Å². The van der Waals surface area contributed by atoms with Gasteiger partial charge in [0.25, 0.3) is 0 Å². The molecule has 1 aliphatic rings. The minimum Gasteiger partial charge on any atom is -0.481 e. The lowest BCUT2D eigenvalue weighted by atomic mass is 9.97. The van der Waals surface area contributed by atoms with Gasteiger partial charge >= 0.3 is 5.97 Å². The molecule has 110 valence electrons. The second kappa shape index (κ2) is 7.59. The SMILES string of the molecule is CC(CNCC(=O)N1CCC(C(=O)O)CC1)S(C)=O. The lowest BCUT2D eigenvalue weighted by Gasteiger charge is -2.30. The second-order valence-corrected chi connectivity index (χ2v) is 6.74. The average Bonchev–Trinajstić information content (AvgIpc) is 2.38. The molecule has 7 heteroatoms. The van der Waals surface area contributed by atoms with Gasteiger partial charge in [0, 0.05) is 41.9 Å². The topological polar surface area (TPSA) is 86.7 Å². The summed E-state index contributed by atoms with van der Waals surface area (Å²) in [6.07, 6.45) is 2.69. The normalized spacial score (nSPS) is 20.0. The minimum absolute atomic E-state index is 0.0158. The summed E-state index contributed by atoms with van der Waals surface area (Å²) in [6.45, 7) is 3.64. The Morgan fingerprint density at radius 1 is 1.42 bits per heavy atom. The van der Waals surface area contributed by atoms with Crippen LogP contribution in [0, 0.1) is 5.92 Å². The van der Waals surface area contributed by atoms with Crippen LogP contribution in [-0.2, 0) is 20.4 Å². The molecule has 1 aliphatic heterocycles. The number of carbonyl (C=O) groups is 2. The quantitative estimate of drug-likeness (QED) is 0.699. The van der Waals surface area contributed by atoms with Crippen molar-refractivity contribution in [2.75, 3.05) is 32.4 Å². The lowest BCUT2D eigenvalue weighted by Crippen LogP contribution is -2.45. The molecule has 0 radical (unpaired) electrons. The van der Waals surface area contributed by atoms with Crippen LogP contribution in [0.3, 0.4) is 0 Å². The number of carbonyl (C=O) groups excluding carboxylic acids is 1. The number of likely N-dealkylation sites (tertiary alicyclic amines) is 1. The molecule has 0 bridgehead atoms. The monoisotopic (exact) mass is 290 g/mol. The summed E-state index contributed by atoms with van der Waals surface area (Å²) in [7, 11) is -0.892. The van der Waals surface area contributed by atoms with Crippen LogP contribution in [0.15, 0.2) is 0 Å². The van der Waals surface area contributed by atoms with Crippen molar-refractivity contribution >= 4 is 22.7 Å². The second-order valence-electron chi connectivity index (χ2n) is 4.93. The van der Waals surface area contributed by atoms with Crippen LogP contribution in [0.5, 0.6) is 0 Å². The van der Waals surface area contributed by atoms with Crippen LogP contribution < -0.4 is 5.32 Å². The van der Waals surface area contributed by atoms with Crippen molar-refractivity contribution in [3.05, 3.63) is 0 Å². The Bertz CT molecular complexity index is 354. The van der Waals surface area contributed by atoms with Crippen molar-refractivity contribution in [3.63, 3.8) is 0 Å². The maximum Gasteiger partial charge on any atom is 0.306 e. The summed E-state index contributed by atoms with van der Waals surface area (Å²) in [4.78, 5) is 24.4. The van der Waals surface area contributed by atoms with E-state index < -0.39 is 16.8 Å². The van der Waals surface area contributed by atoms with E-state index in [9.17, 15) is 13.8 Å². The minimum atomic E-state index is -0.892. The van der Waals surface area contributed by atoms with Crippen molar-refractivity contribution in [1.82, 2.24) is 10.2 Å². The molecule has 2 N–H and O–H groups in total. The van der Waals surface area contributed by atoms with Gasteiger partial charge in [-0.15, -0.1) is 0 Å². The summed E-state index contributed by atoms with van der Waals surface area (Å²) in [5.41, 5.74) is 0. The maximum absolute atomic E-state index is 11.9. The Kier molecular flexibility index (Phi) is 6.44. The molecule has 0 aromatic rings. The highest BCUT2D eigenvalue weighted by atomic mass is 32.2. The van der Waals surface area contributed by atoms with Gasteiger partial charge in [-0.3, -0.25) is 13.8 Å². The molecule has 19 heavy (non-hydrogen) atoms. The van der Waals surface area contributed by atoms with Gasteiger partial charge < -0.3 is 15.3 Å². The molecule has 1 heterocycles. The largest absolute Gasteiger partial charge is 0.481 e. The Morgan fingerprint density at radius 2 is 2.00 bits per heavy atom. The van der Waals surface area contributed by atoms with E-state index in [2.05, 4.69) is 5.32 Å². The fourth-order valence-corrected chi connectivity index (χ4v) is 2.34. The highest BCUT2D eigenvalue weighted by Crippen LogP contribution is 2.16. The van der Waals surface area contributed by atoms with E-state index in [4.69, 9.17) is 5.11 Å². The summed E-state index contributed by atoms with van der Waals surface area (Å²) >= 11 is 0. The first-order valence-corrected chi connectivity index (χ1v) is 8.07. The number of nitrogens with zero attached hydrogens (tertiary/aromatic N) is 1. The molecule has 6 nitrogen and oxygen atoms in total. The molecule has 0 aromatic heterocycles. The molecule has 2 unspecified atom stereocenters. The number of piperidine rings is 1. The zero-order chi connectivity index (χ0) is 14.4.